The molecule has 0 aliphatic carbocycles. The second kappa shape index (κ2) is 15.6. The fraction of sp³-hybridized carbons (Fsp3) is 0.586. The third-order valence-electron chi connectivity index (χ3n) is 6.84. The van der Waals surface area contributed by atoms with Crippen LogP contribution in [0.15, 0.2) is 46.2 Å². The van der Waals surface area contributed by atoms with Crippen molar-refractivity contribution in [2.75, 3.05) is 37.6 Å². The zero-order chi connectivity index (χ0) is 29.1. The van der Waals surface area contributed by atoms with E-state index in [-0.39, 0.29) is 21.2 Å². The van der Waals surface area contributed by atoms with E-state index in [9.17, 15) is 16.8 Å². The number of benzene rings is 2. The van der Waals surface area contributed by atoms with Gasteiger partial charge < -0.3 is 11.5 Å². The van der Waals surface area contributed by atoms with E-state index in [1.54, 1.807) is 36.4 Å². The van der Waals surface area contributed by atoms with Gasteiger partial charge in [-0.15, -0.1) is 0 Å². The first-order valence-electron chi connectivity index (χ1n) is 14.3. The Morgan fingerprint density at radius 1 is 0.564 bits per heavy atom. The number of hydrogen-bond acceptors (Lipinski definition) is 6. The van der Waals surface area contributed by atoms with E-state index in [2.05, 4.69) is 0 Å². The largest absolute Gasteiger partial charge is 0.398 e. The summed E-state index contributed by atoms with van der Waals surface area (Å²) in [5.41, 5.74) is 14.2. The number of anilines is 2. The molecule has 0 heterocycles. The molecule has 0 radical (unpaired) electrons. The maximum absolute atomic E-state index is 13.6. The van der Waals surface area contributed by atoms with Crippen LogP contribution in [0.25, 0.3) is 0 Å². The lowest BCUT2D eigenvalue weighted by Gasteiger charge is -2.23. The van der Waals surface area contributed by atoms with Crippen molar-refractivity contribution in [2.45, 2.75) is 95.3 Å². The Labute approximate surface area is 236 Å². The Balaban J connectivity index is 2.42. The number of nitrogens with zero attached hydrogens (tertiary/aromatic N) is 2. The zero-order valence-corrected chi connectivity index (χ0v) is 25.8. The highest BCUT2D eigenvalue weighted by molar-refractivity contribution is 7.89. The van der Waals surface area contributed by atoms with E-state index in [4.69, 9.17) is 11.5 Å². The summed E-state index contributed by atoms with van der Waals surface area (Å²) in [4.78, 5) is 0.196. The molecule has 0 spiro atoms. The molecule has 2 aromatic rings. The van der Waals surface area contributed by atoms with Crippen molar-refractivity contribution in [3.8, 4) is 0 Å². The molecule has 2 rings (SSSR count). The van der Waals surface area contributed by atoms with Crippen LogP contribution in [0.2, 0.25) is 0 Å². The lowest BCUT2D eigenvalue weighted by atomic mass is 10.0. The molecule has 0 fully saturated rings. The molecule has 0 bridgehead atoms. The third kappa shape index (κ3) is 8.93. The second-order valence-electron chi connectivity index (χ2n) is 10.1. The number of hydrogen-bond donors (Lipinski definition) is 2. The molecule has 0 saturated heterocycles. The van der Waals surface area contributed by atoms with Crippen LogP contribution in [0.5, 0.6) is 0 Å². The second-order valence-corrected chi connectivity index (χ2v) is 14.0. The molecule has 10 heteroatoms. The van der Waals surface area contributed by atoms with Crippen LogP contribution < -0.4 is 11.5 Å². The van der Waals surface area contributed by atoms with Gasteiger partial charge in [-0.2, -0.15) is 8.61 Å². The van der Waals surface area contributed by atoms with Crippen molar-refractivity contribution in [3.63, 3.8) is 0 Å². The minimum absolute atomic E-state index is 0.0980. The molecule has 0 aliphatic heterocycles. The van der Waals surface area contributed by atoms with E-state index < -0.39 is 20.0 Å². The van der Waals surface area contributed by atoms with Gasteiger partial charge in [-0.25, -0.2) is 16.8 Å². The van der Waals surface area contributed by atoms with Gasteiger partial charge in [0.2, 0.25) is 20.0 Å². The van der Waals surface area contributed by atoms with Gasteiger partial charge in [0, 0.05) is 26.2 Å². The monoisotopic (exact) mass is 580 g/mol. The molecule has 0 atom stereocenters. The molecule has 0 amide bonds. The van der Waals surface area contributed by atoms with Crippen LogP contribution in [0, 0.1) is 0 Å². The van der Waals surface area contributed by atoms with Crippen molar-refractivity contribution in [2.24, 2.45) is 0 Å². The van der Waals surface area contributed by atoms with Gasteiger partial charge in [-0.1, -0.05) is 65.5 Å². The molecular weight excluding hydrogens is 532 g/mol. The molecule has 0 aromatic heterocycles. The van der Waals surface area contributed by atoms with Crippen molar-refractivity contribution in [1.82, 2.24) is 8.61 Å². The number of sulfonamides is 2. The van der Waals surface area contributed by atoms with Crippen LogP contribution in [-0.2, 0) is 26.5 Å². The van der Waals surface area contributed by atoms with Crippen LogP contribution >= 0.6 is 0 Å². The Morgan fingerprint density at radius 2 is 0.872 bits per heavy atom. The van der Waals surface area contributed by atoms with Gasteiger partial charge in [-0.05, 0) is 67.5 Å². The lowest BCUT2D eigenvalue weighted by molar-refractivity contribution is 0.395. The smallest absolute Gasteiger partial charge is 0.245 e. The van der Waals surface area contributed by atoms with Gasteiger partial charge in [0.1, 0.15) is 9.79 Å². The fourth-order valence-electron chi connectivity index (χ4n) is 4.38. The van der Waals surface area contributed by atoms with Crippen LogP contribution in [0.3, 0.4) is 0 Å². The van der Waals surface area contributed by atoms with Crippen LogP contribution in [-0.4, -0.2) is 51.6 Å². The number of unbranched alkanes of at least 4 members (excludes halogenated alkanes) is 4. The van der Waals surface area contributed by atoms with E-state index in [0.29, 0.717) is 32.6 Å². The molecule has 220 valence electrons. The van der Waals surface area contributed by atoms with Gasteiger partial charge in [0.15, 0.2) is 0 Å². The SMILES string of the molecule is CCCCN(CCCC)S(=O)(=O)c1cc(Cc2ccc(N)c(S(=O)(=O)N(CCCC)CCCC)c2)ccc1N. The van der Waals surface area contributed by atoms with Crippen molar-refractivity contribution in [1.29, 1.82) is 0 Å². The lowest BCUT2D eigenvalue weighted by Crippen LogP contribution is -2.33. The van der Waals surface area contributed by atoms with E-state index in [0.717, 1.165) is 62.5 Å². The quantitative estimate of drug-likeness (QED) is 0.220. The summed E-state index contributed by atoms with van der Waals surface area (Å²) in [6, 6.07) is 10.1. The van der Waals surface area contributed by atoms with Crippen LogP contribution in [0.4, 0.5) is 11.4 Å². The minimum Gasteiger partial charge on any atom is -0.398 e. The highest BCUT2D eigenvalue weighted by Crippen LogP contribution is 2.28. The highest BCUT2D eigenvalue weighted by atomic mass is 32.2. The van der Waals surface area contributed by atoms with Crippen molar-refractivity contribution >= 4 is 31.4 Å². The standard InChI is InChI=1S/C29H48N4O4S2/c1-5-9-17-32(18-10-6-2)38(34,35)28-22-24(13-15-26(28)30)21-25-14-16-27(31)29(23-25)39(36,37)33(19-11-7-3)20-12-8-4/h13-16,22-23H,5-12,17-21,30-31H2,1-4H3. The Bertz CT molecular complexity index is 1150. The third-order valence-corrected chi connectivity index (χ3v) is 10.8. The Hall–Kier alpha value is -2.14. The van der Waals surface area contributed by atoms with E-state index in [1.807, 2.05) is 27.7 Å². The van der Waals surface area contributed by atoms with Gasteiger partial charge in [-0.3, -0.25) is 0 Å². The first kappa shape index (κ1) is 33.1. The first-order chi connectivity index (χ1) is 18.5. The topological polar surface area (TPSA) is 127 Å². The predicted octanol–water partition coefficient (Wildman–Crippen LogP) is 5.62. The zero-order valence-electron chi connectivity index (χ0n) is 24.2. The normalized spacial score (nSPS) is 12.5. The van der Waals surface area contributed by atoms with Gasteiger partial charge in [0.25, 0.3) is 0 Å². The molecule has 4 N–H and O–H groups in total. The fourth-order valence-corrected chi connectivity index (χ4v) is 7.75. The summed E-state index contributed by atoms with van der Waals surface area (Å²) < 4.78 is 57.4. The molecule has 0 unspecified atom stereocenters. The average Bonchev–Trinajstić information content (AvgIpc) is 2.90. The van der Waals surface area contributed by atoms with E-state index in [1.165, 1.54) is 8.61 Å². The molecule has 0 aliphatic rings. The maximum Gasteiger partial charge on any atom is 0.245 e. The summed E-state index contributed by atoms with van der Waals surface area (Å²) >= 11 is 0. The summed E-state index contributed by atoms with van der Waals surface area (Å²) in [6.07, 6.45) is 7.03. The first-order valence-corrected chi connectivity index (χ1v) is 17.2. The average molecular weight is 581 g/mol. The summed E-state index contributed by atoms with van der Waals surface area (Å²) in [5.74, 6) is 0. The van der Waals surface area contributed by atoms with E-state index >= 15 is 0 Å². The van der Waals surface area contributed by atoms with Gasteiger partial charge >= 0.3 is 0 Å². The Morgan fingerprint density at radius 3 is 1.15 bits per heavy atom. The van der Waals surface area contributed by atoms with Crippen LogP contribution in [0.1, 0.15) is 90.2 Å². The number of rotatable bonds is 18. The molecule has 8 nitrogen and oxygen atoms in total. The molecule has 0 saturated carbocycles. The molecule has 2 aromatic carbocycles. The minimum atomic E-state index is -3.77. The Kier molecular flexibility index (Phi) is 13.2. The van der Waals surface area contributed by atoms with Gasteiger partial charge in [0.05, 0.1) is 11.4 Å². The summed E-state index contributed by atoms with van der Waals surface area (Å²) in [7, 11) is -7.54. The number of nitrogen functional groups attached to an aromatic ring is 2. The van der Waals surface area contributed by atoms with Crippen molar-refractivity contribution in [3.05, 3.63) is 47.5 Å². The molecular formula is C29H48N4O4S2. The van der Waals surface area contributed by atoms with Crippen molar-refractivity contribution < 1.29 is 16.8 Å². The summed E-state index contributed by atoms with van der Waals surface area (Å²) in [5, 5.41) is 0. The predicted molar refractivity (Wildman–Crippen MR) is 162 cm³/mol. The number of nitrogens with two attached hydrogens (primary N) is 2. The summed E-state index contributed by atoms with van der Waals surface area (Å²) in [6.45, 7) is 9.95. The highest BCUT2D eigenvalue weighted by Gasteiger charge is 2.28. The maximum atomic E-state index is 13.6. The molecule has 39 heavy (non-hydrogen) atoms.